The Morgan fingerprint density at radius 2 is 1.55 bits per heavy atom. The predicted molar refractivity (Wildman–Crippen MR) is 94.0 cm³/mol. The predicted octanol–water partition coefficient (Wildman–Crippen LogP) is 4.56. The SMILES string of the molecule is COC(=O)CCCc1ccc(SSc2ccc(N)cc2)cc1. The standard InChI is InChI=1S/C17H19NO2S2/c1-20-17(19)4-2-3-13-5-9-15(10-6-13)21-22-16-11-7-14(18)8-12-16/h5-12H,2-4,18H2,1H3. The summed E-state index contributed by atoms with van der Waals surface area (Å²) in [7, 11) is 4.86. The van der Waals surface area contributed by atoms with E-state index in [1.165, 1.54) is 22.5 Å². The minimum absolute atomic E-state index is 0.146. The summed E-state index contributed by atoms with van der Waals surface area (Å²) in [6, 6.07) is 16.3. The lowest BCUT2D eigenvalue weighted by molar-refractivity contribution is -0.140. The molecule has 0 fully saturated rings. The van der Waals surface area contributed by atoms with Crippen LogP contribution in [-0.4, -0.2) is 13.1 Å². The Hall–Kier alpha value is -1.59. The summed E-state index contributed by atoms with van der Waals surface area (Å²) in [4.78, 5) is 13.4. The molecule has 0 spiro atoms. The molecule has 0 aliphatic heterocycles. The fourth-order valence-corrected chi connectivity index (χ4v) is 3.80. The van der Waals surface area contributed by atoms with Crippen LogP contribution < -0.4 is 5.73 Å². The molecule has 0 saturated heterocycles. The number of anilines is 1. The van der Waals surface area contributed by atoms with E-state index in [2.05, 4.69) is 29.0 Å². The Morgan fingerprint density at radius 1 is 1.00 bits per heavy atom. The van der Waals surface area contributed by atoms with Gasteiger partial charge in [-0.25, -0.2) is 0 Å². The largest absolute Gasteiger partial charge is 0.469 e. The molecule has 2 rings (SSSR count). The lowest BCUT2D eigenvalue weighted by Gasteiger charge is -2.04. The van der Waals surface area contributed by atoms with Crippen LogP contribution in [-0.2, 0) is 16.0 Å². The Morgan fingerprint density at radius 3 is 2.09 bits per heavy atom. The molecule has 3 nitrogen and oxygen atoms in total. The maximum absolute atomic E-state index is 11.1. The molecule has 0 saturated carbocycles. The molecule has 0 atom stereocenters. The number of benzene rings is 2. The first-order chi connectivity index (χ1) is 10.7. The molecule has 0 heterocycles. The van der Waals surface area contributed by atoms with Crippen LogP contribution >= 0.6 is 21.6 Å². The van der Waals surface area contributed by atoms with Gasteiger partial charge in [-0.3, -0.25) is 4.79 Å². The zero-order valence-corrected chi connectivity index (χ0v) is 14.1. The van der Waals surface area contributed by atoms with Gasteiger partial charge in [0.25, 0.3) is 0 Å². The molecule has 2 N–H and O–H groups in total. The van der Waals surface area contributed by atoms with E-state index in [0.29, 0.717) is 6.42 Å². The van der Waals surface area contributed by atoms with Crippen LogP contribution in [0.4, 0.5) is 5.69 Å². The first-order valence-electron chi connectivity index (χ1n) is 7.03. The van der Waals surface area contributed by atoms with Gasteiger partial charge in [0.15, 0.2) is 0 Å². The van der Waals surface area contributed by atoms with Crippen molar-refractivity contribution in [3.8, 4) is 0 Å². The molecular formula is C17H19NO2S2. The maximum atomic E-state index is 11.1. The number of carbonyl (C=O) groups excluding carboxylic acids is 1. The van der Waals surface area contributed by atoms with Crippen molar-refractivity contribution < 1.29 is 9.53 Å². The lowest BCUT2D eigenvalue weighted by atomic mass is 10.1. The van der Waals surface area contributed by atoms with E-state index >= 15 is 0 Å². The smallest absolute Gasteiger partial charge is 0.305 e. The van der Waals surface area contributed by atoms with Crippen LogP contribution in [0.5, 0.6) is 0 Å². The van der Waals surface area contributed by atoms with Crippen molar-refractivity contribution in [1.82, 2.24) is 0 Å². The molecule has 0 bridgehead atoms. The number of esters is 1. The Balaban J connectivity index is 1.79. The summed E-state index contributed by atoms with van der Waals surface area (Å²) in [5.74, 6) is -0.146. The molecule has 5 heteroatoms. The van der Waals surface area contributed by atoms with E-state index in [-0.39, 0.29) is 5.97 Å². The first-order valence-corrected chi connectivity index (χ1v) is 9.18. The number of methoxy groups -OCH3 is 1. The zero-order valence-electron chi connectivity index (χ0n) is 12.5. The van der Waals surface area contributed by atoms with E-state index in [4.69, 9.17) is 5.73 Å². The third kappa shape index (κ3) is 5.66. The topological polar surface area (TPSA) is 52.3 Å². The molecule has 116 valence electrons. The fraction of sp³-hybridized carbons (Fsp3) is 0.235. The molecule has 2 aromatic rings. The van der Waals surface area contributed by atoms with Crippen molar-refractivity contribution >= 4 is 33.2 Å². The van der Waals surface area contributed by atoms with Crippen molar-refractivity contribution in [2.45, 2.75) is 29.1 Å². The molecule has 0 aromatic heterocycles. The second kappa shape index (κ2) is 8.76. The van der Waals surface area contributed by atoms with Crippen LogP contribution in [0.1, 0.15) is 18.4 Å². The molecule has 0 aliphatic rings. The van der Waals surface area contributed by atoms with Crippen molar-refractivity contribution in [2.75, 3.05) is 12.8 Å². The number of nitrogen functional groups attached to an aromatic ring is 1. The molecule has 2 aromatic carbocycles. The first kappa shape index (κ1) is 16.8. The van der Waals surface area contributed by atoms with Crippen LogP contribution in [0, 0.1) is 0 Å². The second-order valence-corrected chi connectivity index (χ2v) is 7.09. The lowest BCUT2D eigenvalue weighted by Crippen LogP contribution is -2.00. The third-order valence-electron chi connectivity index (χ3n) is 3.11. The minimum Gasteiger partial charge on any atom is -0.469 e. The van der Waals surface area contributed by atoms with Crippen LogP contribution in [0.15, 0.2) is 58.3 Å². The zero-order chi connectivity index (χ0) is 15.8. The summed E-state index contributed by atoms with van der Waals surface area (Å²) in [6.07, 6.45) is 2.19. The van der Waals surface area contributed by atoms with E-state index in [0.717, 1.165) is 18.5 Å². The van der Waals surface area contributed by atoms with Gasteiger partial charge in [-0.1, -0.05) is 33.7 Å². The highest BCUT2D eigenvalue weighted by Crippen LogP contribution is 2.37. The molecular weight excluding hydrogens is 314 g/mol. The van der Waals surface area contributed by atoms with Crippen LogP contribution in [0.25, 0.3) is 0 Å². The maximum Gasteiger partial charge on any atom is 0.305 e. The number of hydrogen-bond donors (Lipinski definition) is 1. The van der Waals surface area contributed by atoms with Crippen molar-refractivity contribution in [2.24, 2.45) is 0 Å². The van der Waals surface area contributed by atoms with Gasteiger partial charge in [-0.15, -0.1) is 0 Å². The molecule has 0 radical (unpaired) electrons. The van der Waals surface area contributed by atoms with Gasteiger partial charge in [0.2, 0.25) is 0 Å². The van der Waals surface area contributed by atoms with Gasteiger partial charge in [-0.2, -0.15) is 0 Å². The Kier molecular flexibility index (Phi) is 6.68. The van der Waals surface area contributed by atoms with Crippen molar-refractivity contribution in [3.05, 3.63) is 54.1 Å². The normalized spacial score (nSPS) is 10.4. The van der Waals surface area contributed by atoms with Gasteiger partial charge in [0.1, 0.15) is 0 Å². The summed E-state index contributed by atoms with van der Waals surface area (Å²) >= 11 is 0. The van der Waals surface area contributed by atoms with Gasteiger partial charge in [-0.05, 0) is 54.8 Å². The number of carbonyl (C=O) groups is 1. The Labute approximate surface area is 139 Å². The molecule has 0 amide bonds. The quantitative estimate of drug-likeness (QED) is 0.457. The highest BCUT2D eigenvalue weighted by molar-refractivity contribution is 8.76. The monoisotopic (exact) mass is 333 g/mol. The number of ether oxygens (including phenoxy) is 1. The van der Waals surface area contributed by atoms with E-state index in [1.807, 2.05) is 24.3 Å². The van der Waals surface area contributed by atoms with Crippen molar-refractivity contribution in [1.29, 1.82) is 0 Å². The fourth-order valence-electron chi connectivity index (χ4n) is 1.87. The molecule has 22 heavy (non-hydrogen) atoms. The summed E-state index contributed by atoms with van der Waals surface area (Å²) in [5.41, 5.74) is 7.70. The molecule has 0 aliphatic carbocycles. The van der Waals surface area contributed by atoms with E-state index in [9.17, 15) is 4.79 Å². The Bertz CT molecular complexity index is 597. The minimum atomic E-state index is -0.146. The molecule has 0 unspecified atom stereocenters. The van der Waals surface area contributed by atoms with E-state index in [1.54, 1.807) is 21.6 Å². The number of aryl methyl sites for hydroxylation is 1. The highest BCUT2D eigenvalue weighted by Gasteiger charge is 2.02. The van der Waals surface area contributed by atoms with Crippen LogP contribution in [0.3, 0.4) is 0 Å². The van der Waals surface area contributed by atoms with E-state index < -0.39 is 0 Å². The second-order valence-electron chi connectivity index (χ2n) is 4.81. The number of hydrogen-bond acceptors (Lipinski definition) is 5. The van der Waals surface area contributed by atoms with Gasteiger partial charge >= 0.3 is 5.97 Å². The van der Waals surface area contributed by atoms with Gasteiger partial charge < -0.3 is 10.5 Å². The van der Waals surface area contributed by atoms with Gasteiger partial charge in [0.05, 0.1) is 7.11 Å². The average Bonchev–Trinajstić information content (AvgIpc) is 2.55. The summed E-state index contributed by atoms with van der Waals surface area (Å²) < 4.78 is 4.64. The summed E-state index contributed by atoms with van der Waals surface area (Å²) in [5, 5.41) is 0. The number of rotatable bonds is 7. The third-order valence-corrected chi connectivity index (χ3v) is 5.53. The van der Waals surface area contributed by atoms with Crippen molar-refractivity contribution in [3.63, 3.8) is 0 Å². The van der Waals surface area contributed by atoms with Gasteiger partial charge in [0, 0.05) is 21.9 Å². The number of nitrogens with two attached hydrogens (primary N) is 1. The summed E-state index contributed by atoms with van der Waals surface area (Å²) in [6.45, 7) is 0. The van der Waals surface area contributed by atoms with Crippen LogP contribution in [0.2, 0.25) is 0 Å². The average molecular weight is 333 g/mol. The highest BCUT2D eigenvalue weighted by atomic mass is 33.1.